The van der Waals surface area contributed by atoms with Gasteiger partial charge in [0.25, 0.3) is 5.69 Å². The van der Waals surface area contributed by atoms with E-state index in [2.05, 4.69) is 10.3 Å². The van der Waals surface area contributed by atoms with E-state index in [4.69, 9.17) is 5.11 Å². The number of non-ortho nitro benzene ring substituents is 1. The van der Waals surface area contributed by atoms with E-state index in [1.165, 1.54) is 6.07 Å². The zero-order valence-corrected chi connectivity index (χ0v) is 12.9. The van der Waals surface area contributed by atoms with Crippen molar-refractivity contribution in [2.45, 2.75) is 32.6 Å². The van der Waals surface area contributed by atoms with Gasteiger partial charge in [-0.05, 0) is 25.3 Å². The number of nitrogens with one attached hydrogen (secondary N) is 1. The number of hydrogen-bond acceptors (Lipinski definition) is 5. The third-order valence-electron chi connectivity index (χ3n) is 3.64. The lowest BCUT2D eigenvalue weighted by Gasteiger charge is -2.10. The molecule has 0 saturated heterocycles. The van der Waals surface area contributed by atoms with Crippen molar-refractivity contribution in [3.63, 3.8) is 0 Å². The summed E-state index contributed by atoms with van der Waals surface area (Å²) in [6.45, 7) is 2.45. The second-order valence-electron chi connectivity index (χ2n) is 5.38. The summed E-state index contributed by atoms with van der Waals surface area (Å²) >= 11 is 0. The Kier molecular flexibility index (Phi) is 5.46. The lowest BCUT2D eigenvalue weighted by molar-refractivity contribution is -0.383. The number of anilines is 1. The van der Waals surface area contributed by atoms with Crippen LogP contribution in [0.25, 0.3) is 10.8 Å². The molecule has 122 valence electrons. The molecule has 23 heavy (non-hydrogen) atoms. The average molecular weight is 317 g/mol. The van der Waals surface area contributed by atoms with Crippen LogP contribution in [-0.2, 0) is 4.79 Å². The minimum Gasteiger partial charge on any atom is -0.481 e. The van der Waals surface area contributed by atoms with Crippen molar-refractivity contribution in [2.75, 3.05) is 11.9 Å². The first kappa shape index (κ1) is 16.7. The van der Waals surface area contributed by atoms with Crippen molar-refractivity contribution >= 4 is 28.2 Å². The number of hydrogen-bond donors (Lipinski definition) is 2. The van der Waals surface area contributed by atoms with E-state index in [0.717, 1.165) is 23.8 Å². The van der Waals surface area contributed by atoms with Gasteiger partial charge in [-0.3, -0.25) is 14.9 Å². The highest BCUT2D eigenvalue weighted by Gasteiger charge is 2.16. The zero-order chi connectivity index (χ0) is 16.8. The first-order chi connectivity index (χ1) is 11.0. The predicted octanol–water partition coefficient (Wildman–Crippen LogP) is 3.51. The number of fused-ring (bicyclic) bond motifs is 1. The SMILES string of the molecule is Cc1cnc(NCCCCCC(=O)O)c2cccc([N+](=O)[O-])c12. The Morgan fingerprint density at radius 1 is 1.35 bits per heavy atom. The van der Waals surface area contributed by atoms with Gasteiger partial charge in [-0.1, -0.05) is 18.6 Å². The van der Waals surface area contributed by atoms with Gasteiger partial charge in [-0.25, -0.2) is 4.98 Å². The van der Waals surface area contributed by atoms with Crippen LogP contribution < -0.4 is 5.32 Å². The molecule has 2 N–H and O–H groups in total. The maximum absolute atomic E-state index is 11.2. The second kappa shape index (κ2) is 7.53. The van der Waals surface area contributed by atoms with Gasteiger partial charge in [0.15, 0.2) is 0 Å². The van der Waals surface area contributed by atoms with Gasteiger partial charge in [0.05, 0.1) is 10.3 Å². The van der Waals surface area contributed by atoms with E-state index >= 15 is 0 Å². The van der Waals surface area contributed by atoms with Crippen LogP contribution in [0.15, 0.2) is 24.4 Å². The van der Waals surface area contributed by atoms with Crippen LogP contribution in [0.1, 0.15) is 31.2 Å². The number of aromatic nitrogens is 1. The third kappa shape index (κ3) is 4.15. The first-order valence-electron chi connectivity index (χ1n) is 7.49. The highest BCUT2D eigenvalue weighted by molar-refractivity contribution is 5.99. The van der Waals surface area contributed by atoms with E-state index in [9.17, 15) is 14.9 Å². The Bertz CT molecular complexity index is 731. The highest BCUT2D eigenvalue weighted by Crippen LogP contribution is 2.31. The molecule has 0 aliphatic heterocycles. The number of carboxylic acids is 1. The van der Waals surface area contributed by atoms with Crippen LogP contribution in [-0.4, -0.2) is 27.5 Å². The molecule has 7 nitrogen and oxygen atoms in total. The molecule has 1 aromatic carbocycles. The van der Waals surface area contributed by atoms with Gasteiger partial charge in [-0.2, -0.15) is 0 Å². The van der Waals surface area contributed by atoms with E-state index in [-0.39, 0.29) is 17.0 Å². The summed E-state index contributed by atoms with van der Waals surface area (Å²) in [6, 6.07) is 4.96. The largest absolute Gasteiger partial charge is 0.481 e. The molecule has 0 saturated carbocycles. The van der Waals surface area contributed by atoms with Gasteiger partial charge in [0, 0.05) is 30.6 Å². The summed E-state index contributed by atoms with van der Waals surface area (Å²) in [7, 11) is 0. The lowest BCUT2D eigenvalue weighted by Crippen LogP contribution is -2.05. The summed E-state index contributed by atoms with van der Waals surface area (Å²) in [4.78, 5) is 25.6. The number of pyridine rings is 1. The number of carboxylic acid groups (broad SMARTS) is 1. The van der Waals surface area contributed by atoms with Crippen LogP contribution in [0.2, 0.25) is 0 Å². The fourth-order valence-electron chi connectivity index (χ4n) is 2.53. The number of unbranched alkanes of at least 4 members (excludes halogenated alkanes) is 2. The molecular formula is C16H19N3O4. The molecule has 7 heteroatoms. The number of nitro groups is 1. The fraction of sp³-hybridized carbons (Fsp3) is 0.375. The summed E-state index contributed by atoms with van der Waals surface area (Å²) < 4.78 is 0. The summed E-state index contributed by atoms with van der Waals surface area (Å²) in [5.74, 6) is -0.163. The van der Waals surface area contributed by atoms with Crippen LogP contribution in [0.4, 0.5) is 11.5 Å². The Balaban J connectivity index is 2.10. The van der Waals surface area contributed by atoms with E-state index in [1.54, 1.807) is 19.2 Å². The molecule has 0 bridgehead atoms. The van der Waals surface area contributed by atoms with Gasteiger partial charge in [0.2, 0.25) is 0 Å². The van der Waals surface area contributed by atoms with Crippen molar-refractivity contribution in [3.05, 3.63) is 40.1 Å². The molecule has 0 aliphatic rings. The van der Waals surface area contributed by atoms with Crippen LogP contribution in [0, 0.1) is 17.0 Å². The molecule has 0 fully saturated rings. The van der Waals surface area contributed by atoms with Crippen LogP contribution in [0.5, 0.6) is 0 Å². The number of rotatable bonds is 8. The van der Waals surface area contributed by atoms with Crippen molar-refractivity contribution in [1.29, 1.82) is 0 Å². The first-order valence-corrected chi connectivity index (χ1v) is 7.49. The monoisotopic (exact) mass is 317 g/mol. The molecule has 0 aliphatic carbocycles. The van der Waals surface area contributed by atoms with E-state index in [1.807, 2.05) is 6.07 Å². The van der Waals surface area contributed by atoms with Crippen molar-refractivity contribution in [2.24, 2.45) is 0 Å². The molecule has 0 atom stereocenters. The Labute approximate surface area is 133 Å². The predicted molar refractivity (Wildman–Crippen MR) is 87.7 cm³/mol. The quantitative estimate of drug-likeness (QED) is 0.438. The van der Waals surface area contributed by atoms with Crippen LogP contribution >= 0.6 is 0 Å². The van der Waals surface area contributed by atoms with Crippen molar-refractivity contribution < 1.29 is 14.8 Å². The van der Waals surface area contributed by atoms with Crippen molar-refractivity contribution in [3.8, 4) is 0 Å². The summed E-state index contributed by atoms with van der Waals surface area (Å²) in [5.41, 5.74) is 0.839. The fourth-order valence-corrected chi connectivity index (χ4v) is 2.53. The number of aryl methyl sites for hydroxylation is 1. The number of aliphatic carboxylic acids is 1. The Hall–Kier alpha value is -2.70. The van der Waals surface area contributed by atoms with Gasteiger partial charge in [0.1, 0.15) is 5.82 Å². The average Bonchev–Trinajstić information content (AvgIpc) is 2.51. The molecule has 2 rings (SSSR count). The van der Waals surface area contributed by atoms with Crippen LogP contribution in [0.3, 0.4) is 0 Å². The maximum atomic E-state index is 11.2. The number of benzene rings is 1. The second-order valence-corrected chi connectivity index (χ2v) is 5.38. The standard InChI is InChI=1S/C16H19N3O4/c1-11-10-18-16(17-9-4-2-3-8-14(20)21)12-6-5-7-13(15(11)12)19(22)23/h5-7,10H,2-4,8-9H2,1H3,(H,17,18)(H,20,21). The normalized spacial score (nSPS) is 10.7. The van der Waals surface area contributed by atoms with Crippen molar-refractivity contribution in [1.82, 2.24) is 4.98 Å². The summed E-state index contributed by atoms with van der Waals surface area (Å²) in [6.07, 6.45) is 4.08. The highest BCUT2D eigenvalue weighted by atomic mass is 16.6. The smallest absolute Gasteiger partial charge is 0.303 e. The molecule has 1 heterocycles. The lowest BCUT2D eigenvalue weighted by atomic mass is 10.1. The maximum Gasteiger partial charge on any atom is 0.303 e. The molecule has 0 spiro atoms. The minimum absolute atomic E-state index is 0.0758. The molecular weight excluding hydrogens is 298 g/mol. The zero-order valence-electron chi connectivity index (χ0n) is 12.9. The number of nitro benzene ring substituents is 1. The summed E-state index contributed by atoms with van der Waals surface area (Å²) in [5, 5.41) is 24.3. The Morgan fingerprint density at radius 2 is 2.13 bits per heavy atom. The van der Waals surface area contributed by atoms with E-state index in [0.29, 0.717) is 24.2 Å². The van der Waals surface area contributed by atoms with Gasteiger partial charge >= 0.3 is 5.97 Å². The van der Waals surface area contributed by atoms with Gasteiger partial charge < -0.3 is 10.4 Å². The Morgan fingerprint density at radius 3 is 2.83 bits per heavy atom. The third-order valence-corrected chi connectivity index (χ3v) is 3.64. The van der Waals surface area contributed by atoms with Gasteiger partial charge in [-0.15, -0.1) is 0 Å². The molecule has 1 aromatic heterocycles. The number of carbonyl (C=O) groups is 1. The molecule has 2 aromatic rings. The molecule has 0 amide bonds. The van der Waals surface area contributed by atoms with E-state index < -0.39 is 5.97 Å². The topological polar surface area (TPSA) is 105 Å². The number of nitrogens with zero attached hydrogens (tertiary/aromatic N) is 2. The molecule has 0 radical (unpaired) electrons. The molecule has 0 unspecified atom stereocenters. The minimum atomic E-state index is -0.781.